The maximum absolute atomic E-state index is 13.1. The summed E-state index contributed by atoms with van der Waals surface area (Å²) in [5, 5.41) is 3.57. The summed E-state index contributed by atoms with van der Waals surface area (Å²) in [4.78, 5) is 22.0. The second-order valence-corrected chi connectivity index (χ2v) is 4.30. The summed E-state index contributed by atoms with van der Waals surface area (Å²) in [6, 6.07) is 1.77. The molecule has 0 aromatic heterocycles. The molecule has 2 atom stereocenters. The van der Waals surface area contributed by atoms with Gasteiger partial charge in [0.2, 0.25) is 0 Å². The number of imide groups is 1. The molecule has 19 heavy (non-hydrogen) atoms. The summed E-state index contributed by atoms with van der Waals surface area (Å²) in [5.74, 6) is -2.40. The van der Waals surface area contributed by atoms with Crippen LogP contribution in [0.3, 0.4) is 0 Å². The van der Waals surface area contributed by atoms with Gasteiger partial charge in [0.05, 0.1) is 0 Å². The maximum atomic E-state index is 13.1. The first-order valence-corrected chi connectivity index (χ1v) is 5.71. The number of nitrogens with two attached hydrogens (primary N) is 2. The van der Waals surface area contributed by atoms with E-state index >= 15 is 0 Å². The molecule has 3 amide bonds. The molecule has 1 aromatic carbocycles. The molecule has 0 aliphatic heterocycles. The highest BCUT2D eigenvalue weighted by atomic mass is 19.2. The van der Waals surface area contributed by atoms with E-state index in [0.29, 0.717) is 5.56 Å². The van der Waals surface area contributed by atoms with Crippen molar-refractivity contribution in [1.29, 1.82) is 0 Å². The van der Waals surface area contributed by atoms with Gasteiger partial charge in [-0.05, 0) is 32.0 Å². The Morgan fingerprint density at radius 3 is 2.42 bits per heavy atom. The molecule has 0 saturated heterocycles. The van der Waals surface area contributed by atoms with Crippen LogP contribution in [0.2, 0.25) is 0 Å². The molecule has 1 rings (SSSR count). The molecule has 0 aliphatic rings. The number of urea groups is 1. The van der Waals surface area contributed by atoms with Crippen molar-refractivity contribution in [2.45, 2.75) is 25.9 Å². The topological polar surface area (TPSA) is 88.8 Å². The molecular formula is C12H16F2N3O2+. The third-order valence-electron chi connectivity index (χ3n) is 2.71. The summed E-state index contributed by atoms with van der Waals surface area (Å²) < 4.78 is 25.9. The van der Waals surface area contributed by atoms with Gasteiger partial charge in [-0.15, -0.1) is 0 Å². The second kappa shape index (κ2) is 6.24. The predicted molar refractivity (Wildman–Crippen MR) is 63.9 cm³/mol. The Bertz CT molecular complexity index is 494. The van der Waals surface area contributed by atoms with Gasteiger partial charge in [-0.1, -0.05) is 0 Å². The van der Waals surface area contributed by atoms with Gasteiger partial charge >= 0.3 is 6.03 Å². The standard InChI is InChI=1S/C12H15F2N3O2/c1-6(8-3-4-9(13)10(14)5-8)16-7(2)11(18)17-12(15)19/h3-7,16H,1-2H3,(H3,15,17,18,19)/p+1/t6-,7+/m1/s1. The molecule has 0 saturated carbocycles. The van der Waals surface area contributed by atoms with Crippen molar-refractivity contribution in [3.8, 4) is 0 Å². The van der Waals surface area contributed by atoms with E-state index in [2.05, 4.69) is 0 Å². The van der Waals surface area contributed by atoms with Crippen LogP contribution in [0.15, 0.2) is 18.2 Å². The van der Waals surface area contributed by atoms with Crippen molar-refractivity contribution >= 4 is 11.9 Å². The number of benzene rings is 1. The highest BCUT2D eigenvalue weighted by Gasteiger charge is 2.21. The van der Waals surface area contributed by atoms with Crippen molar-refractivity contribution in [3.05, 3.63) is 35.4 Å². The first-order chi connectivity index (χ1) is 8.81. The normalized spacial score (nSPS) is 13.7. The average molecular weight is 272 g/mol. The van der Waals surface area contributed by atoms with Crippen LogP contribution in [0.4, 0.5) is 13.6 Å². The zero-order chi connectivity index (χ0) is 14.6. The molecule has 7 heteroatoms. The van der Waals surface area contributed by atoms with Gasteiger partial charge in [0, 0.05) is 5.56 Å². The van der Waals surface area contributed by atoms with Gasteiger partial charge in [-0.3, -0.25) is 10.1 Å². The van der Waals surface area contributed by atoms with E-state index in [0.717, 1.165) is 12.1 Å². The Labute approximate surface area is 109 Å². The van der Waals surface area contributed by atoms with Crippen LogP contribution in [-0.4, -0.2) is 18.0 Å². The zero-order valence-electron chi connectivity index (χ0n) is 10.6. The number of halogens is 2. The summed E-state index contributed by atoms with van der Waals surface area (Å²) in [7, 11) is 0. The Morgan fingerprint density at radius 2 is 1.89 bits per heavy atom. The minimum Gasteiger partial charge on any atom is -0.351 e. The van der Waals surface area contributed by atoms with Gasteiger partial charge in [0.25, 0.3) is 5.91 Å². The lowest BCUT2D eigenvalue weighted by molar-refractivity contribution is -0.710. The minimum absolute atomic E-state index is 0.274. The van der Waals surface area contributed by atoms with Crippen LogP contribution < -0.4 is 16.4 Å². The first kappa shape index (κ1) is 15.0. The summed E-state index contributed by atoms with van der Waals surface area (Å²) in [5.41, 5.74) is 5.37. The lowest BCUT2D eigenvalue weighted by Gasteiger charge is -2.16. The van der Waals surface area contributed by atoms with Crippen molar-refractivity contribution in [1.82, 2.24) is 5.32 Å². The third kappa shape index (κ3) is 4.29. The molecule has 0 aliphatic carbocycles. The molecule has 5 nitrogen and oxygen atoms in total. The van der Waals surface area contributed by atoms with Gasteiger partial charge in [0.1, 0.15) is 6.04 Å². The monoisotopic (exact) mass is 272 g/mol. The summed E-state index contributed by atoms with van der Waals surface area (Å²) in [6.45, 7) is 3.31. The number of rotatable bonds is 4. The smallest absolute Gasteiger partial charge is 0.319 e. The van der Waals surface area contributed by atoms with Crippen LogP contribution >= 0.6 is 0 Å². The van der Waals surface area contributed by atoms with Gasteiger partial charge in [0.15, 0.2) is 17.7 Å². The summed E-state index contributed by atoms with van der Waals surface area (Å²) in [6.07, 6.45) is 0. The highest BCUT2D eigenvalue weighted by Crippen LogP contribution is 2.13. The van der Waals surface area contributed by atoms with E-state index < -0.39 is 29.6 Å². The minimum atomic E-state index is -0.938. The van der Waals surface area contributed by atoms with Crippen molar-refractivity contribution in [2.24, 2.45) is 5.73 Å². The van der Waals surface area contributed by atoms with Gasteiger partial charge in [-0.2, -0.15) is 0 Å². The molecule has 0 bridgehead atoms. The van der Waals surface area contributed by atoms with E-state index in [9.17, 15) is 18.4 Å². The SMILES string of the molecule is C[C@H]([NH2+][C@H](C)c1ccc(F)c(F)c1)C(=O)NC(N)=O. The van der Waals surface area contributed by atoms with E-state index in [1.165, 1.54) is 6.07 Å². The fourth-order valence-electron chi connectivity index (χ4n) is 1.66. The number of hydrogen-bond donors (Lipinski definition) is 3. The van der Waals surface area contributed by atoms with Crippen LogP contribution in [0.1, 0.15) is 25.5 Å². The highest BCUT2D eigenvalue weighted by molar-refractivity contribution is 5.95. The van der Waals surface area contributed by atoms with Crippen molar-refractivity contribution < 1.29 is 23.7 Å². The Kier molecular flexibility index (Phi) is 4.94. The fourth-order valence-corrected chi connectivity index (χ4v) is 1.66. The van der Waals surface area contributed by atoms with Gasteiger partial charge < -0.3 is 11.1 Å². The number of hydrogen-bond acceptors (Lipinski definition) is 2. The summed E-state index contributed by atoms with van der Waals surface area (Å²) >= 11 is 0. The lowest BCUT2D eigenvalue weighted by atomic mass is 10.1. The van der Waals surface area contributed by atoms with E-state index in [1.54, 1.807) is 19.2 Å². The zero-order valence-corrected chi connectivity index (χ0v) is 10.6. The average Bonchev–Trinajstić information content (AvgIpc) is 2.31. The molecule has 104 valence electrons. The van der Waals surface area contributed by atoms with Crippen LogP contribution in [-0.2, 0) is 4.79 Å². The first-order valence-electron chi connectivity index (χ1n) is 5.71. The fraction of sp³-hybridized carbons (Fsp3) is 0.333. The maximum Gasteiger partial charge on any atom is 0.319 e. The van der Waals surface area contributed by atoms with E-state index in [4.69, 9.17) is 5.73 Å². The molecule has 0 heterocycles. The van der Waals surface area contributed by atoms with Crippen molar-refractivity contribution in [2.75, 3.05) is 0 Å². The van der Waals surface area contributed by atoms with Gasteiger partial charge in [-0.25, -0.2) is 13.6 Å². The molecular weight excluding hydrogens is 256 g/mol. The van der Waals surface area contributed by atoms with Crippen LogP contribution in [0, 0.1) is 11.6 Å². The number of nitrogens with one attached hydrogen (secondary N) is 1. The second-order valence-electron chi connectivity index (χ2n) is 4.30. The van der Waals surface area contributed by atoms with Crippen molar-refractivity contribution in [3.63, 3.8) is 0 Å². The molecule has 0 fully saturated rings. The molecule has 0 spiro atoms. The number of primary amides is 1. The molecule has 0 unspecified atom stereocenters. The Morgan fingerprint density at radius 1 is 1.26 bits per heavy atom. The van der Waals surface area contributed by atoms with Crippen LogP contribution in [0.5, 0.6) is 0 Å². The van der Waals surface area contributed by atoms with Crippen LogP contribution in [0.25, 0.3) is 0 Å². The number of amides is 3. The number of carbonyl (C=O) groups is 2. The number of quaternary nitrogens is 1. The lowest BCUT2D eigenvalue weighted by Crippen LogP contribution is -2.92. The number of carbonyl (C=O) groups excluding carboxylic acids is 2. The van der Waals surface area contributed by atoms with E-state index in [-0.39, 0.29) is 6.04 Å². The molecule has 0 radical (unpaired) electrons. The largest absolute Gasteiger partial charge is 0.351 e. The quantitative estimate of drug-likeness (QED) is 0.729. The molecule has 1 aromatic rings. The third-order valence-corrected chi connectivity index (χ3v) is 2.71. The van der Waals surface area contributed by atoms with E-state index in [1.807, 2.05) is 5.32 Å². The Balaban J connectivity index is 2.68. The Hall–Kier alpha value is -2.02. The molecule has 5 N–H and O–H groups in total. The predicted octanol–water partition coefficient (Wildman–Crippen LogP) is 0.173.